The number of pyridine rings is 1. The van der Waals surface area contributed by atoms with Crippen LogP contribution in [0.2, 0.25) is 0 Å². The first-order valence-electron chi connectivity index (χ1n) is 6.02. The normalized spacial score (nSPS) is 10.1. The van der Waals surface area contributed by atoms with E-state index in [-0.39, 0.29) is 22.7 Å². The van der Waals surface area contributed by atoms with E-state index in [4.69, 9.17) is 10.8 Å². The molecule has 0 aliphatic heterocycles. The summed E-state index contributed by atoms with van der Waals surface area (Å²) in [4.78, 5) is 28.1. The maximum absolute atomic E-state index is 12.5. The second-order valence-electron chi connectivity index (χ2n) is 4.24. The Morgan fingerprint density at radius 2 is 1.95 bits per heavy atom. The number of nitrogen functional groups attached to an aromatic ring is 1. The molecule has 0 aliphatic carbocycles. The number of aromatic nitrogens is 1. The van der Waals surface area contributed by atoms with Crippen molar-refractivity contribution < 1.29 is 19.8 Å². The second kappa shape index (κ2) is 5.91. The van der Waals surface area contributed by atoms with Gasteiger partial charge in [-0.3, -0.25) is 19.5 Å². The SMILES string of the molecule is Nc1ccccc1N(CC(=O)O)C(=O)c1ccncc1O. The van der Waals surface area contributed by atoms with Crippen molar-refractivity contribution in [1.29, 1.82) is 0 Å². The first kappa shape index (κ1) is 14.3. The van der Waals surface area contributed by atoms with Crippen molar-refractivity contribution in [3.05, 3.63) is 48.3 Å². The molecule has 1 amide bonds. The molecule has 0 atom stereocenters. The minimum atomic E-state index is -1.19. The Hall–Kier alpha value is -3.09. The third-order valence-electron chi connectivity index (χ3n) is 2.80. The maximum Gasteiger partial charge on any atom is 0.323 e. The van der Waals surface area contributed by atoms with Crippen LogP contribution in [-0.4, -0.2) is 33.6 Å². The Morgan fingerprint density at radius 3 is 2.57 bits per heavy atom. The van der Waals surface area contributed by atoms with E-state index >= 15 is 0 Å². The van der Waals surface area contributed by atoms with E-state index in [1.54, 1.807) is 18.2 Å². The largest absolute Gasteiger partial charge is 0.505 e. The van der Waals surface area contributed by atoms with E-state index in [1.807, 2.05) is 0 Å². The number of benzene rings is 1. The van der Waals surface area contributed by atoms with Crippen LogP contribution in [0.15, 0.2) is 42.7 Å². The number of aromatic hydroxyl groups is 1. The molecule has 2 aromatic rings. The molecule has 0 bridgehead atoms. The number of nitrogens with zero attached hydrogens (tertiary/aromatic N) is 2. The van der Waals surface area contributed by atoms with Crippen molar-refractivity contribution in [2.45, 2.75) is 0 Å². The zero-order valence-corrected chi connectivity index (χ0v) is 10.9. The highest BCUT2D eigenvalue weighted by Gasteiger charge is 2.24. The van der Waals surface area contributed by atoms with Gasteiger partial charge in [-0.25, -0.2) is 0 Å². The van der Waals surface area contributed by atoms with Crippen LogP contribution in [0.25, 0.3) is 0 Å². The minimum Gasteiger partial charge on any atom is -0.505 e. The predicted octanol–water partition coefficient (Wildman–Crippen LogP) is 1.10. The van der Waals surface area contributed by atoms with Gasteiger partial charge >= 0.3 is 5.97 Å². The summed E-state index contributed by atoms with van der Waals surface area (Å²) in [7, 11) is 0. The summed E-state index contributed by atoms with van der Waals surface area (Å²) in [5, 5.41) is 18.7. The first-order chi connectivity index (χ1) is 10.0. The van der Waals surface area contributed by atoms with Gasteiger partial charge in [-0.2, -0.15) is 0 Å². The average molecular weight is 287 g/mol. The van der Waals surface area contributed by atoms with Crippen molar-refractivity contribution in [1.82, 2.24) is 4.98 Å². The Bertz CT molecular complexity index is 687. The van der Waals surface area contributed by atoms with E-state index in [9.17, 15) is 14.7 Å². The van der Waals surface area contributed by atoms with Crippen LogP contribution in [0.3, 0.4) is 0 Å². The summed E-state index contributed by atoms with van der Waals surface area (Å²) in [5.41, 5.74) is 6.27. The third kappa shape index (κ3) is 3.08. The fourth-order valence-electron chi connectivity index (χ4n) is 1.85. The minimum absolute atomic E-state index is 0.0468. The van der Waals surface area contributed by atoms with Crippen molar-refractivity contribution in [3.63, 3.8) is 0 Å². The van der Waals surface area contributed by atoms with E-state index < -0.39 is 18.4 Å². The van der Waals surface area contributed by atoms with Crippen molar-refractivity contribution in [2.75, 3.05) is 17.2 Å². The maximum atomic E-state index is 12.5. The number of aliphatic carboxylic acids is 1. The van der Waals surface area contributed by atoms with Crippen LogP contribution < -0.4 is 10.6 Å². The van der Waals surface area contributed by atoms with Gasteiger partial charge in [0, 0.05) is 6.20 Å². The van der Waals surface area contributed by atoms with Crippen LogP contribution in [-0.2, 0) is 4.79 Å². The Kier molecular flexibility index (Phi) is 4.03. The molecular formula is C14H13N3O4. The lowest BCUT2D eigenvalue weighted by atomic mass is 10.1. The van der Waals surface area contributed by atoms with Crippen LogP contribution >= 0.6 is 0 Å². The molecule has 0 saturated heterocycles. The van der Waals surface area contributed by atoms with Crippen LogP contribution in [0.1, 0.15) is 10.4 Å². The summed E-state index contributed by atoms with van der Waals surface area (Å²) in [6.07, 6.45) is 2.45. The van der Waals surface area contributed by atoms with Gasteiger partial charge in [-0.05, 0) is 18.2 Å². The van der Waals surface area contributed by atoms with E-state index in [0.29, 0.717) is 0 Å². The molecule has 0 radical (unpaired) electrons. The van der Waals surface area contributed by atoms with Gasteiger partial charge in [0.15, 0.2) is 0 Å². The molecule has 0 fully saturated rings. The summed E-state index contributed by atoms with van der Waals surface area (Å²) < 4.78 is 0. The molecule has 0 aliphatic rings. The number of nitrogens with two attached hydrogens (primary N) is 1. The standard InChI is InChI=1S/C14H13N3O4/c15-10-3-1-2-4-11(10)17(8-13(19)20)14(21)9-5-6-16-7-12(9)18/h1-7,18H,8,15H2,(H,19,20). The number of carbonyl (C=O) groups excluding carboxylic acids is 1. The van der Waals surface area contributed by atoms with E-state index in [2.05, 4.69) is 4.98 Å². The quantitative estimate of drug-likeness (QED) is 0.725. The number of carbonyl (C=O) groups is 2. The number of carboxylic acid groups (broad SMARTS) is 1. The smallest absolute Gasteiger partial charge is 0.323 e. The van der Waals surface area contributed by atoms with Gasteiger partial charge in [0.05, 0.1) is 23.1 Å². The van der Waals surface area contributed by atoms with Crippen molar-refractivity contribution in [3.8, 4) is 5.75 Å². The summed E-state index contributed by atoms with van der Waals surface area (Å²) in [6, 6.07) is 7.72. The van der Waals surface area contributed by atoms with Gasteiger partial charge in [0.2, 0.25) is 0 Å². The number of hydrogen-bond donors (Lipinski definition) is 3. The first-order valence-corrected chi connectivity index (χ1v) is 6.02. The van der Waals surface area contributed by atoms with Crippen LogP contribution in [0, 0.1) is 0 Å². The predicted molar refractivity (Wildman–Crippen MR) is 76.1 cm³/mol. The third-order valence-corrected chi connectivity index (χ3v) is 2.80. The molecule has 4 N–H and O–H groups in total. The lowest BCUT2D eigenvalue weighted by molar-refractivity contribution is -0.135. The Morgan fingerprint density at radius 1 is 1.24 bits per heavy atom. The molecule has 0 unspecified atom stereocenters. The average Bonchev–Trinajstić information content (AvgIpc) is 2.45. The number of anilines is 2. The zero-order chi connectivity index (χ0) is 15.4. The molecule has 1 aromatic carbocycles. The lowest BCUT2D eigenvalue weighted by Gasteiger charge is -2.22. The van der Waals surface area contributed by atoms with Crippen LogP contribution in [0.4, 0.5) is 11.4 Å². The van der Waals surface area contributed by atoms with Crippen molar-refractivity contribution in [2.24, 2.45) is 0 Å². The summed E-state index contributed by atoms with van der Waals surface area (Å²) >= 11 is 0. The Labute approximate surface area is 120 Å². The number of para-hydroxylation sites is 2. The summed E-state index contributed by atoms with van der Waals surface area (Å²) in [6.45, 7) is -0.575. The fraction of sp³-hybridized carbons (Fsp3) is 0.0714. The lowest BCUT2D eigenvalue weighted by Crippen LogP contribution is -2.36. The number of hydrogen-bond acceptors (Lipinski definition) is 5. The highest BCUT2D eigenvalue weighted by Crippen LogP contribution is 2.26. The molecule has 0 spiro atoms. The molecule has 21 heavy (non-hydrogen) atoms. The molecule has 7 heteroatoms. The topological polar surface area (TPSA) is 117 Å². The number of amides is 1. The van der Waals surface area contributed by atoms with Gasteiger partial charge in [-0.15, -0.1) is 0 Å². The highest BCUT2D eigenvalue weighted by molar-refractivity contribution is 6.10. The van der Waals surface area contributed by atoms with Gasteiger partial charge in [-0.1, -0.05) is 12.1 Å². The van der Waals surface area contributed by atoms with Crippen LogP contribution in [0.5, 0.6) is 5.75 Å². The van der Waals surface area contributed by atoms with Crippen molar-refractivity contribution >= 4 is 23.3 Å². The number of rotatable bonds is 4. The van der Waals surface area contributed by atoms with E-state index in [0.717, 1.165) is 11.1 Å². The second-order valence-corrected chi connectivity index (χ2v) is 4.24. The monoisotopic (exact) mass is 287 g/mol. The van der Waals surface area contributed by atoms with Gasteiger partial charge in [0.25, 0.3) is 5.91 Å². The molecule has 108 valence electrons. The molecule has 2 rings (SSSR count). The number of carboxylic acids is 1. The van der Waals surface area contributed by atoms with Gasteiger partial charge < -0.3 is 15.9 Å². The molecule has 1 heterocycles. The molecular weight excluding hydrogens is 274 g/mol. The molecule has 0 saturated carbocycles. The molecule has 7 nitrogen and oxygen atoms in total. The fourth-order valence-corrected chi connectivity index (χ4v) is 1.85. The molecule has 1 aromatic heterocycles. The van der Waals surface area contributed by atoms with Gasteiger partial charge in [0.1, 0.15) is 12.3 Å². The Balaban J connectivity index is 2.46. The zero-order valence-electron chi connectivity index (χ0n) is 10.9. The van der Waals surface area contributed by atoms with E-state index in [1.165, 1.54) is 18.3 Å². The highest BCUT2D eigenvalue weighted by atomic mass is 16.4. The summed E-state index contributed by atoms with van der Waals surface area (Å²) in [5.74, 6) is -2.19.